The SMILES string of the molecule is CC(C)(C)NC(N)=NC1COc2cccc(Cl)c21. The van der Waals surface area contributed by atoms with Crippen molar-refractivity contribution in [2.45, 2.75) is 32.4 Å². The predicted molar refractivity (Wildman–Crippen MR) is 74.2 cm³/mol. The molecule has 1 aromatic rings. The molecule has 0 amide bonds. The van der Waals surface area contributed by atoms with Gasteiger partial charge in [0.1, 0.15) is 18.4 Å². The number of guanidine groups is 1. The first-order valence-corrected chi connectivity index (χ1v) is 6.27. The molecule has 2 rings (SSSR count). The van der Waals surface area contributed by atoms with Crippen LogP contribution in [-0.2, 0) is 0 Å². The van der Waals surface area contributed by atoms with E-state index in [1.807, 2.05) is 39.0 Å². The van der Waals surface area contributed by atoms with Crippen LogP contribution >= 0.6 is 11.6 Å². The Hall–Kier alpha value is -1.42. The number of ether oxygens (including phenoxy) is 1. The zero-order valence-corrected chi connectivity index (χ0v) is 11.6. The number of nitrogens with two attached hydrogens (primary N) is 1. The minimum absolute atomic E-state index is 0.115. The molecule has 1 aromatic carbocycles. The number of hydrogen-bond acceptors (Lipinski definition) is 2. The number of nitrogens with zero attached hydrogens (tertiary/aromatic N) is 1. The van der Waals surface area contributed by atoms with Gasteiger partial charge in [0.15, 0.2) is 5.96 Å². The Labute approximate surface area is 112 Å². The van der Waals surface area contributed by atoms with E-state index in [4.69, 9.17) is 22.1 Å². The van der Waals surface area contributed by atoms with Gasteiger partial charge in [-0.3, -0.25) is 0 Å². The van der Waals surface area contributed by atoms with Crippen molar-refractivity contribution in [3.63, 3.8) is 0 Å². The first kappa shape index (κ1) is 13.0. The Kier molecular flexibility index (Phi) is 3.39. The fourth-order valence-electron chi connectivity index (χ4n) is 1.90. The van der Waals surface area contributed by atoms with Gasteiger partial charge < -0.3 is 15.8 Å². The maximum atomic E-state index is 6.17. The van der Waals surface area contributed by atoms with Crippen LogP contribution in [0.15, 0.2) is 23.2 Å². The number of hydrogen-bond donors (Lipinski definition) is 2. The van der Waals surface area contributed by atoms with Crippen LogP contribution in [0.3, 0.4) is 0 Å². The fourth-order valence-corrected chi connectivity index (χ4v) is 2.20. The summed E-state index contributed by atoms with van der Waals surface area (Å²) in [6, 6.07) is 5.46. The third-order valence-electron chi connectivity index (χ3n) is 2.54. The predicted octanol–water partition coefficient (Wildman–Crippen LogP) is 2.48. The molecular formula is C13H18ClN3O. The van der Waals surface area contributed by atoms with E-state index < -0.39 is 0 Å². The van der Waals surface area contributed by atoms with E-state index >= 15 is 0 Å². The zero-order chi connectivity index (χ0) is 13.3. The molecule has 0 fully saturated rings. The first-order valence-electron chi connectivity index (χ1n) is 5.89. The van der Waals surface area contributed by atoms with Crippen molar-refractivity contribution in [3.8, 4) is 5.75 Å². The quantitative estimate of drug-likeness (QED) is 0.607. The lowest BCUT2D eigenvalue weighted by atomic mass is 10.1. The molecule has 98 valence electrons. The molecule has 1 aliphatic rings. The third kappa shape index (κ3) is 2.88. The smallest absolute Gasteiger partial charge is 0.189 e. The van der Waals surface area contributed by atoms with Gasteiger partial charge in [0.2, 0.25) is 0 Å². The number of halogens is 1. The van der Waals surface area contributed by atoms with Crippen LogP contribution in [0.2, 0.25) is 5.02 Å². The molecule has 0 radical (unpaired) electrons. The fraction of sp³-hybridized carbons (Fsp3) is 0.462. The van der Waals surface area contributed by atoms with E-state index in [9.17, 15) is 0 Å². The largest absolute Gasteiger partial charge is 0.491 e. The summed E-state index contributed by atoms with van der Waals surface area (Å²) in [6.45, 7) is 6.57. The molecule has 1 heterocycles. The van der Waals surface area contributed by atoms with Crippen molar-refractivity contribution < 1.29 is 4.74 Å². The number of nitrogens with one attached hydrogen (secondary N) is 1. The van der Waals surface area contributed by atoms with E-state index in [-0.39, 0.29) is 11.6 Å². The number of fused-ring (bicyclic) bond motifs is 1. The third-order valence-corrected chi connectivity index (χ3v) is 2.87. The van der Waals surface area contributed by atoms with Crippen LogP contribution in [-0.4, -0.2) is 18.1 Å². The minimum Gasteiger partial charge on any atom is -0.491 e. The van der Waals surface area contributed by atoms with E-state index in [1.54, 1.807) is 0 Å². The number of rotatable bonds is 1. The van der Waals surface area contributed by atoms with Gasteiger partial charge in [-0.2, -0.15) is 0 Å². The zero-order valence-electron chi connectivity index (χ0n) is 10.8. The molecule has 5 heteroatoms. The maximum Gasteiger partial charge on any atom is 0.189 e. The molecular weight excluding hydrogens is 250 g/mol. The lowest BCUT2D eigenvalue weighted by Gasteiger charge is -2.21. The summed E-state index contributed by atoms with van der Waals surface area (Å²) in [4.78, 5) is 4.44. The Balaban J connectivity index is 2.22. The van der Waals surface area contributed by atoms with Crippen molar-refractivity contribution in [3.05, 3.63) is 28.8 Å². The molecule has 0 saturated carbocycles. The summed E-state index contributed by atoms with van der Waals surface area (Å²) >= 11 is 6.17. The highest BCUT2D eigenvalue weighted by Crippen LogP contribution is 2.39. The standard InChI is InChI=1S/C13H18ClN3O/c1-13(2,3)17-12(15)16-9-7-18-10-6-4-5-8(14)11(9)10/h4-6,9H,7H2,1-3H3,(H3,15,16,17). The van der Waals surface area contributed by atoms with E-state index in [0.717, 1.165) is 11.3 Å². The molecule has 3 N–H and O–H groups in total. The van der Waals surface area contributed by atoms with Gasteiger partial charge in [0.25, 0.3) is 0 Å². The highest BCUT2D eigenvalue weighted by molar-refractivity contribution is 6.31. The Morgan fingerprint density at radius 2 is 2.22 bits per heavy atom. The second kappa shape index (κ2) is 4.69. The van der Waals surface area contributed by atoms with Crippen molar-refractivity contribution >= 4 is 17.6 Å². The normalized spacial score (nSPS) is 19.3. The van der Waals surface area contributed by atoms with E-state index in [2.05, 4.69) is 10.3 Å². The molecule has 0 bridgehead atoms. The van der Waals surface area contributed by atoms with Gasteiger partial charge in [-0.05, 0) is 32.9 Å². The maximum absolute atomic E-state index is 6.17. The topological polar surface area (TPSA) is 59.6 Å². The van der Waals surface area contributed by atoms with Crippen LogP contribution in [0.5, 0.6) is 5.75 Å². The molecule has 0 aromatic heterocycles. The van der Waals surface area contributed by atoms with Gasteiger partial charge >= 0.3 is 0 Å². The van der Waals surface area contributed by atoms with Crippen LogP contribution in [0.25, 0.3) is 0 Å². The van der Waals surface area contributed by atoms with Gasteiger partial charge in [-0.15, -0.1) is 0 Å². The highest BCUT2D eigenvalue weighted by Gasteiger charge is 2.26. The Morgan fingerprint density at radius 1 is 1.50 bits per heavy atom. The first-order chi connectivity index (χ1) is 8.37. The van der Waals surface area contributed by atoms with Crippen LogP contribution < -0.4 is 15.8 Å². The van der Waals surface area contributed by atoms with Crippen molar-refractivity contribution in [2.24, 2.45) is 10.7 Å². The number of benzene rings is 1. The van der Waals surface area contributed by atoms with E-state index in [0.29, 0.717) is 17.6 Å². The van der Waals surface area contributed by atoms with Crippen LogP contribution in [0.4, 0.5) is 0 Å². The van der Waals surface area contributed by atoms with Crippen LogP contribution in [0, 0.1) is 0 Å². The molecule has 0 spiro atoms. The molecule has 1 unspecified atom stereocenters. The van der Waals surface area contributed by atoms with Crippen LogP contribution in [0.1, 0.15) is 32.4 Å². The monoisotopic (exact) mass is 267 g/mol. The highest BCUT2D eigenvalue weighted by atomic mass is 35.5. The van der Waals surface area contributed by atoms with E-state index in [1.165, 1.54) is 0 Å². The molecule has 18 heavy (non-hydrogen) atoms. The lowest BCUT2D eigenvalue weighted by Crippen LogP contribution is -2.45. The molecule has 4 nitrogen and oxygen atoms in total. The average Bonchev–Trinajstić information content (AvgIpc) is 2.59. The molecule has 0 saturated heterocycles. The second-order valence-corrected chi connectivity index (χ2v) is 5.77. The van der Waals surface area contributed by atoms with Crippen molar-refractivity contribution in [1.82, 2.24) is 5.32 Å². The summed E-state index contributed by atoms with van der Waals surface area (Å²) in [6.07, 6.45) is 0. The summed E-state index contributed by atoms with van der Waals surface area (Å²) in [5.41, 5.74) is 6.69. The minimum atomic E-state index is -0.136. The second-order valence-electron chi connectivity index (χ2n) is 5.37. The summed E-state index contributed by atoms with van der Waals surface area (Å²) in [5.74, 6) is 1.20. The van der Waals surface area contributed by atoms with Crippen molar-refractivity contribution in [2.75, 3.05) is 6.61 Å². The number of aliphatic imine (C=N–C) groups is 1. The molecule has 0 aliphatic carbocycles. The van der Waals surface area contributed by atoms with Crippen molar-refractivity contribution in [1.29, 1.82) is 0 Å². The van der Waals surface area contributed by atoms with Gasteiger partial charge in [-0.25, -0.2) is 4.99 Å². The Bertz CT molecular complexity index is 480. The van der Waals surface area contributed by atoms with Gasteiger partial charge in [-0.1, -0.05) is 17.7 Å². The summed E-state index contributed by atoms with van der Waals surface area (Å²) in [5, 5.41) is 3.79. The summed E-state index contributed by atoms with van der Waals surface area (Å²) in [7, 11) is 0. The molecule has 1 aliphatic heterocycles. The average molecular weight is 268 g/mol. The molecule has 1 atom stereocenters. The Morgan fingerprint density at radius 3 is 2.89 bits per heavy atom. The lowest BCUT2D eigenvalue weighted by molar-refractivity contribution is 0.333. The summed E-state index contributed by atoms with van der Waals surface area (Å²) < 4.78 is 5.55. The van der Waals surface area contributed by atoms with Gasteiger partial charge in [0, 0.05) is 16.1 Å². The van der Waals surface area contributed by atoms with Gasteiger partial charge in [0.05, 0.1) is 0 Å².